The van der Waals surface area contributed by atoms with E-state index in [1.807, 2.05) is 6.07 Å². The van der Waals surface area contributed by atoms with Crippen molar-refractivity contribution in [2.45, 2.75) is 45.1 Å². The average Bonchev–Trinajstić information content (AvgIpc) is 3.11. The van der Waals surface area contributed by atoms with Crippen LogP contribution in [0.1, 0.15) is 44.6 Å². The van der Waals surface area contributed by atoms with E-state index in [0.29, 0.717) is 36.1 Å². The minimum absolute atomic E-state index is 0.315. The van der Waals surface area contributed by atoms with E-state index in [1.165, 1.54) is 5.56 Å². The predicted molar refractivity (Wildman–Crippen MR) is 99.4 cm³/mol. The van der Waals surface area contributed by atoms with Crippen LogP contribution in [0.2, 0.25) is 0 Å². The Balaban J connectivity index is 1.61. The highest BCUT2D eigenvalue weighted by Gasteiger charge is 2.36. The smallest absolute Gasteiger partial charge is 0.222 e. The van der Waals surface area contributed by atoms with Gasteiger partial charge in [-0.05, 0) is 42.4 Å². The highest BCUT2D eigenvalue weighted by molar-refractivity contribution is 5.76. The lowest BCUT2D eigenvalue weighted by molar-refractivity contribution is -0.133. The Morgan fingerprint density at radius 3 is 2.76 bits per heavy atom. The number of nitrogens with zero attached hydrogens (tertiary/aromatic N) is 1. The summed E-state index contributed by atoms with van der Waals surface area (Å²) in [5.41, 5.74) is 8.16. The molecule has 25 heavy (non-hydrogen) atoms. The average molecular weight is 345 g/mol. The number of ether oxygens (including phenoxy) is 1. The number of likely N-dealkylation sites (tertiary alicyclic amines) is 1. The molecule has 1 aromatic rings. The van der Waals surface area contributed by atoms with Gasteiger partial charge in [-0.1, -0.05) is 26.0 Å². The summed E-state index contributed by atoms with van der Waals surface area (Å²) in [7, 11) is 1.71. The van der Waals surface area contributed by atoms with Crippen LogP contribution in [0, 0.1) is 11.8 Å². The van der Waals surface area contributed by atoms with Crippen molar-refractivity contribution in [1.29, 1.82) is 0 Å². The number of hydrogen-bond acceptors (Lipinski definition) is 4. The molecular formula is C20H31N3O2. The summed E-state index contributed by atoms with van der Waals surface area (Å²) in [6.45, 7) is 6.93. The number of amides is 1. The van der Waals surface area contributed by atoms with Gasteiger partial charge in [0.05, 0.1) is 7.11 Å². The van der Waals surface area contributed by atoms with Crippen molar-refractivity contribution in [1.82, 2.24) is 15.8 Å². The lowest BCUT2D eigenvalue weighted by Crippen LogP contribution is -2.46. The number of benzene rings is 1. The van der Waals surface area contributed by atoms with E-state index in [9.17, 15) is 4.79 Å². The molecule has 2 unspecified atom stereocenters. The van der Waals surface area contributed by atoms with Crippen LogP contribution in [0.25, 0.3) is 0 Å². The molecule has 0 bridgehead atoms. The summed E-state index contributed by atoms with van der Waals surface area (Å²) >= 11 is 0. The van der Waals surface area contributed by atoms with E-state index < -0.39 is 0 Å². The maximum absolute atomic E-state index is 12.3. The molecule has 2 aliphatic heterocycles. The molecule has 2 heterocycles. The second-order valence-electron chi connectivity index (χ2n) is 7.75. The van der Waals surface area contributed by atoms with Gasteiger partial charge in [0.15, 0.2) is 0 Å². The van der Waals surface area contributed by atoms with Crippen LogP contribution in [-0.4, -0.2) is 43.6 Å². The highest BCUT2D eigenvalue weighted by Crippen LogP contribution is 2.33. The zero-order valence-corrected chi connectivity index (χ0v) is 15.6. The van der Waals surface area contributed by atoms with Crippen LogP contribution in [-0.2, 0) is 4.79 Å². The largest absolute Gasteiger partial charge is 0.497 e. The topological polar surface area (TPSA) is 53.6 Å². The van der Waals surface area contributed by atoms with Crippen molar-refractivity contribution in [3.8, 4) is 5.75 Å². The monoisotopic (exact) mass is 345 g/mol. The first-order chi connectivity index (χ1) is 12.1. The lowest BCUT2D eigenvalue weighted by atomic mass is 9.80. The summed E-state index contributed by atoms with van der Waals surface area (Å²) in [5.74, 6) is 2.70. The van der Waals surface area contributed by atoms with E-state index in [2.05, 4.69) is 47.8 Å². The molecule has 0 spiro atoms. The van der Waals surface area contributed by atoms with Crippen molar-refractivity contribution in [2.75, 3.05) is 26.7 Å². The zero-order chi connectivity index (χ0) is 17.8. The molecule has 0 saturated carbocycles. The Kier molecular flexibility index (Phi) is 5.97. The number of methoxy groups -OCH3 is 1. The quantitative estimate of drug-likeness (QED) is 0.861. The molecule has 0 aromatic heterocycles. The molecule has 2 N–H and O–H groups in total. The minimum Gasteiger partial charge on any atom is -0.497 e. The molecule has 2 aliphatic rings. The van der Waals surface area contributed by atoms with Gasteiger partial charge in [0.2, 0.25) is 5.91 Å². The molecule has 2 atom stereocenters. The highest BCUT2D eigenvalue weighted by atomic mass is 16.5. The third-order valence-corrected chi connectivity index (χ3v) is 5.53. The van der Waals surface area contributed by atoms with Crippen LogP contribution in [0.15, 0.2) is 24.3 Å². The van der Waals surface area contributed by atoms with Crippen molar-refractivity contribution in [3.05, 3.63) is 29.8 Å². The van der Waals surface area contributed by atoms with Gasteiger partial charge in [-0.15, -0.1) is 0 Å². The molecule has 1 aromatic carbocycles. The van der Waals surface area contributed by atoms with Crippen molar-refractivity contribution < 1.29 is 9.53 Å². The van der Waals surface area contributed by atoms with E-state index >= 15 is 0 Å². The second-order valence-corrected chi connectivity index (χ2v) is 7.75. The molecule has 5 heteroatoms. The molecule has 2 fully saturated rings. The van der Waals surface area contributed by atoms with E-state index in [-0.39, 0.29) is 0 Å². The molecule has 2 saturated heterocycles. The molecule has 1 amide bonds. The third kappa shape index (κ3) is 4.33. The van der Waals surface area contributed by atoms with Gasteiger partial charge < -0.3 is 9.64 Å². The summed E-state index contributed by atoms with van der Waals surface area (Å²) in [6, 6.07) is 8.81. The van der Waals surface area contributed by atoms with Gasteiger partial charge >= 0.3 is 0 Å². The number of hydrazine groups is 1. The van der Waals surface area contributed by atoms with Crippen LogP contribution < -0.4 is 15.6 Å². The van der Waals surface area contributed by atoms with Gasteiger partial charge in [0.25, 0.3) is 0 Å². The molecule has 5 nitrogen and oxygen atoms in total. The first-order valence-electron chi connectivity index (χ1n) is 9.48. The Hall–Kier alpha value is -1.59. The van der Waals surface area contributed by atoms with E-state index in [0.717, 1.165) is 38.2 Å². The Morgan fingerprint density at radius 2 is 2.08 bits per heavy atom. The van der Waals surface area contributed by atoms with Gasteiger partial charge in [-0.3, -0.25) is 15.6 Å². The Labute approximate surface area is 151 Å². The van der Waals surface area contributed by atoms with Gasteiger partial charge in [-0.25, -0.2) is 0 Å². The first-order valence-corrected chi connectivity index (χ1v) is 9.48. The van der Waals surface area contributed by atoms with Gasteiger partial charge in [0.1, 0.15) is 5.75 Å². The maximum Gasteiger partial charge on any atom is 0.222 e. The maximum atomic E-state index is 12.3. The number of nitrogens with one attached hydrogen (secondary N) is 2. The lowest BCUT2D eigenvalue weighted by Gasteiger charge is -2.37. The van der Waals surface area contributed by atoms with Crippen molar-refractivity contribution in [3.63, 3.8) is 0 Å². The van der Waals surface area contributed by atoms with Crippen LogP contribution in [0.4, 0.5) is 0 Å². The standard InChI is InChI=1S/C20H31N3O2/c1-14(2)11-19(24)23-9-7-15(8-10-23)20-18(13-21-22-20)16-5-4-6-17(12-16)25-3/h4-6,12,14-15,18,20-22H,7-11,13H2,1-3H3. The minimum atomic E-state index is 0.315. The molecule has 138 valence electrons. The molecular weight excluding hydrogens is 314 g/mol. The fourth-order valence-electron chi connectivity index (χ4n) is 4.14. The summed E-state index contributed by atoms with van der Waals surface area (Å²) in [6.07, 6.45) is 2.81. The summed E-state index contributed by atoms with van der Waals surface area (Å²) in [4.78, 5) is 14.3. The van der Waals surface area contributed by atoms with Crippen LogP contribution >= 0.6 is 0 Å². The Morgan fingerprint density at radius 1 is 1.32 bits per heavy atom. The first kappa shape index (κ1) is 18.2. The Bertz CT molecular complexity index is 582. The van der Waals surface area contributed by atoms with Gasteiger partial charge in [0, 0.05) is 38.0 Å². The second kappa shape index (κ2) is 8.19. The molecule has 3 rings (SSSR count). The van der Waals surface area contributed by atoms with Gasteiger partial charge in [-0.2, -0.15) is 0 Å². The number of rotatable bonds is 5. The molecule has 0 radical (unpaired) electrons. The van der Waals surface area contributed by atoms with Crippen LogP contribution in [0.5, 0.6) is 5.75 Å². The summed E-state index contributed by atoms with van der Waals surface area (Å²) < 4.78 is 5.38. The zero-order valence-electron chi connectivity index (χ0n) is 15.6. The normalized spacial score (nSPS) is 24.7. The van der Waals surface area contributed by atoms with E-state index in [4.69, 9.17) is 4.74 Å². The summed E-state index contributed by atoms with van der Waals surface area (Å²) in [5, 5.41) is 0. The van der Waals surface area contributed by atoms with Crippen LogP contribution in [0.3, 0.4) is 0 Å². The number of carbonyl (C=O) groups is 1. The van der Waals surface area contributed by atoms with Crippen molar-refractivity contribution in [2.24, 2.45) is 11.8 Å². The molecule has 0 aliphatic carbocycles. The number of piperidine rings is 1. The predicted octanol–water partition coefficient (Wildman–Crippen LogP) is 2.54. The fourth-order valence-corrected chi connectivity index (χ4v) is 4.14. The third-order valence-electron chi connectivity index (χ3n) is 5.53. The number of carbonyl (C=O) groups excluding carboxylic acids is 1. The van der Waals surface area contributed by atoms with E-state index in [1.54, 1.807) is 7.11 Å². The van der Waals surface area contributed by atoms with Crippen molar-refractivity contribution >= 4 is 5.91 Å². The SMILES string of the molecule is COc1cccc(C2CNNC2C2CCN(C(=O)CC(C)C)CC2)c1. The fraction of sp³-hybridized carbons (Fsp3) is 0.650. The number of hydrogen-bond donors (Lipinski definition) is 2.